The van der Waals surface area contributed by atoms with Crippen molar-refractivity contribution in [1.29, 1.82) is 0 Å². The molecule has 0 spiro atoms. The Balaban J connectivity index is 1.90. The fraction of sp³-hybridized carbons (Fsp3) is 0.200. The van der Waals surface area contributed by atoms with Gasteiger partial charge in [-0.05, 0) is 19.1 Å². The fourth-order valence-electron chi connectivity index (χ4n) is 2.04. The van der Waals surface area contributed by atoms with Gasteiger partial charge in [0.15, 0.2) is 0 Å². The maximum Gasteiger partial charge on any atom is 0.278 e. The predicted molar refractivity (Wildman–Crippen MR) is 88.7 cm³/mol. The van der Waals surface area contributed by atoms with Crippen LogP contribution < -0.4 is 10.9 Å². The number of hydrogen-bond donors (Lipinski definition) is 1. The molecule has 0 aliphatic carbocycles. The zero-order valence-electron chi connectivity index (χ0n) is 13.1. The molecule has 3 rings (SSSR count). The lowest BCUT2D eigenvalue weighted by Crippen LogP contribution is -2.33. The van der Waals surface area contributed by atoms with Crippen molar-refractivity contribution in [2.24, 2.45) is 0 Å². The molecule has 0 radical (unpaired) electrons. The Kier molecular flexibility index (Phi) is 4.85. The minimum atomic E-state index is -0.409. The molecule has 128 valence electrons. The fourth-order valence-corrected chi connectivity index (χ4v) is 2.22. The van der Waals surface area contributed by atoms with Crippen LogP contribution in [0.3, 0.4) is 0 Å². The minimum absolute atomic E-state index is 0.111. The summed E-state index contributed by atoms with van der Waals surface area (Å²) < 4.78 is 6.21. The summed E-state index contributed by atoms with van der Waals surface area (Å²) in [4.78, 5) is 31.7. The molecule has 10 heteroatoms. The summed E-state index contributed by atoms with van der Waals surface area (Å²) in [6.45, 7) is 2.06. The van der Waals surface area contributed by atoms with Gasteiger partial charge in [-0.2, -0.15) is 10.1 Å². The Bertz CT molecular complexity index is 968. The van der Waals surface area contributed by atoms with Gasteiger partial charge < -0.3 is 9.84 Å². The Morgan fingerprint density at radius 2 is 2.20 bits per heavy atom. The lowest BCUT2D eigenvalue weighted by atomic mass is 10.3. The van der Waals surface area contributed by atoms with Gasteiger partial charge in [0.25, 0.3) is 11.4 Å². The molecule has 3 aromatic rings. The zero-order chi connectivity index (χ0) is 17.8. The van der Waals surface area contributed by atoms with Crippen LogP contribution in [0.15, 0.2) is 39.9 Å². The molecule has 0 aliphatic rings. The van der Waals surface area contributed by atoms with E-state index in [1.807, 2.05) is 0 Å². The van der Waals surface area contributed by atoms with Crippen molar-refractivity contribution in [3.63, 3.8) is 0 Å². The number of pyridine rings is 1. The van der Waals surface area contributed by atoms with Gasteiger partial charge in [-0.3, -0.25) is 14.6 Å². The van der Waals surface area contributed by atoms with Crippen LogP contribution in [0.25, 0.3) is 23.0 Å². The largest absolute Gasteiger partial charge is 0.355 e. The van der Waals surface area contributed by atoms with Crippen LogP contribution in [0.5, 0.6) is 0 Å². The van der Waals surface area contributed by atoms with Crippen LogP contribution in [-0.2, 0) is 11.3 Å². The first-order valence-corrected chi connectivity index (χ1v) is 7.74. The van der Waals surface area contributed by atoms with Crippen molar-refractivity contribution >= 4 is 17.5 Å². The number of aromatic nitrogens is 5. The van der Waals surface area contributed by atoms with Gasteiger partial charge in [-0.1, -0.05) is 16.8 Å². The number of carbonyl (C=O) groups is 1. The number of likely N-dealkylation sites (N-methyl/N-ethyl adjacent to an activating group) is 1. The first kappa shape index (κ1) is 16.8. The second kappa shape index (κ2) is 7.22. The van der Waals surface area contributed by atoms with E-state index in [4.69, 9.17) is 16.1 Å². The SMILES string of the molecule is CCNC(=O)Cn1nc(-c2nc(-c3cncc(Cl)c3)no2)ccc1=O. The van der Waals surface area contributed by atoms with Crippen LogP contribution in [0.2, 0.25) is 5.02 Å². The van der Waals surface area contributed by atoms with Crippen molar-refractivity contribution in [2.75, 3.05) is 6.54 Å². The molecule has 0 fully saturated rings. The number of rotatable bonds is 5. The van der Waals surface area contributed by atoms with E-state index in [9.17, 15) is 9.59 Å². The monoisotopic (exact) mass is 360 g/mol. The van der Waals surface area contributed by atoms with E-state index in [0.717, 1.165) is 4.68 Å². The van der Waals surface area contributed by atoms with Gasteiger partial charge >= 0.3 is 0 Å². The van der Waals surface area contributed by atoms with E-state index in [0.29, 0.717) is 17.1 Å². The number of nitrogens with zero attached hydrogens (tertiary/aromatic N) is 5. The molecule has 25 heavy (non-hydrogen) atoms. The lowest BCUT2D eigenvalue weighted by molar-refractivity contribution is -0.121. The Morgan fingerprint density at radius 3 is 2.96 bits per heavy atom. The van der Waals surface area contributed by atoms with Crippen molar-refractivity contribution in [1.82, 2.24) is 30.2 Å². The summed E-state index contributed by atoms with van der Waals surface area (Å²) in [5, 5.41) is 11.0. The molecule has 1 amide bonds. The van der Waals surface area contributed by atoms with Gasteiger partial charge in [0.1, 0.15) is 12.2 Å². The third-order valence-electron chi connectivity index (χ3n) is 3.14. The molecule has 0 aliphatic heterocycles. The first-order chi connectivity index (χ1) is 12.1. The molecule has 0 saturated carbocycles. The Hall–Kier alpha value is -3.07. The second-order valence-electron chi connectivity index (χ2n) is 4.98. The number of amides is 1. The highest BCUT2D eigenvalue weighted by Crippen LogP contribution is 2.21. The van der Waals surface area contributed by atoms with E-state index >= 15 is 0 Å². The van der Waals surface area contributed by atoms with Gasteiger partial charge in [-0.25, -0.2) is 4.68 Å². The molecule has 3 heterocycles. The lowest BCUT2D eigenvalue weighted by Gasteiger charge is -2.05. The summed E-state index contributed by atoms with van der Waals surface area (Å²) >= 11 is 5.89. The Morgan fingerprint density at radius 1 is 1.36 bits per heavy atom. The summed E-state index contributed by atoms with van der Waals surface area (Å²) in [6, 6.07) is 4.38. The van der Waals surface area contributed by atoms with Gasteiger partial charge in [0.2, 0.25) is 11.7 Å². The second-order valence-corrected chi connectivity index (χ2v) is 5.42. The quantitative estimate of drug-likeness (QED) is 0.725. The first-order valence-electron chi connectivity index (χ1n) is 7.36. The zero-order valence-corrected chi connectivity index (χ0v) is 13.9. The van der Waals surface area contributed by atoms with Crippen LogP contribution in [0, 0.1) is 0 Å². The number of hydrogen-bond acceptors (Lipinski definition) is 7. The number of nitrogens with one attached hydrogen (secondary N) is 1. The summed E-state index contributed by atoms with van der Waals surface area (Å²) in [7, 11) is 0. The third kappa shape index (κ3) is 3.89. The topological polar surface area (TPSA) is 116 Å². The third-order valence-corrected chi connectivity index (χ3v) is 3.35. The number of carbonyl (C=O) groups excluding carboxylic acids is 1. The molecule has 0 saturated heterocycles. The molecule has 1 N–H and O–H groups in total. The highest BCUT2D eigenvalue weighted by Gasteiger charge is 2.14. The molecule has 3 aromatic heterocycles. The van der Waals surface area contributed by atoms with Crippen molar-refractivity contribution in [2.45, 2.75) is 13.5 Å². The average molecular weight is 361 g/mol. The molecular formula is C15H13ClN6O3. The van der Waals surface area contributed by atoms with Crippen molar-refractivity contribution in [3.8, 4) is 23.0 Å². The van der Waals surface area contributed by atoms with Gasteiger partial charge in [0, 0.05) is 30.6 Å². The van der Waals surface area contributed by atoms with E-state index in [1.165, 1.54) is 18.3 Å². The summed E-state index contributed by atoms with van der Waals surface area (Å²) in [5.74, 6) is 0.0818. The van der Waals surface area contributed by atoms with Crippen molar-refractivity contribution in [3.05, 3.63) is 46.0 Å². The molecule has 0 unspecified atom stereocenters. The van der Waals surface area contributed by atoms with E-state index in [1.54, 1.807) is 19.2 Å². The highest BCUT2D eigenvalue weighted by atomic mass is 35.5. The molecule has 0 atom stereocenters. The van der Waals surface area contributed by atoms with Crippen LogP contribution in [-0.4, -0.2) is 37.4 Å². The van der Waals surface area contributed by atoms with E-state index in [2.05, 4.69) is 25.5 Å². The molecule has 0 bridgehead atoms. The smallest absolute Gasteiger partial charge is 0.278 e. The highest BCUT2D eigenvalue weighted by molar-refractivity contribution is 6.30. The minimum Gasteiger partial charge on any atom is -0.355 e. The predicted octanol–water partition coefficient (Wildman–Crippen LogP) is 1.14. The maximum atomic E-state index is 11.8. The average Bonchev–Trinajstić information content (AvgIpc) is 3.07. The van der Waals surface area contributed by atoms with Gasteiger partial charge in [0.05, 0.1) is 5.02 Å². The van der Waals surface area contributed by atoms with E-state index in [-0.39, 0.29) is 29.9 Å². The summed E-state index contributed by atoms with van der Waals surface area (Å²) in [5.41, 5.74) is 0.449. The molecular weight excluding hydrogens is 348 g/mol. The van der Waals surface area contributed by atoms with Crippen LogP contribution >= 0.6 is 11.6 Å². The van der Waals surface area contributed by atoms with E-state index < -0.39 is 5.56 Å². The Labute approximate surface area is 146 Å². The van der Waals surface area contributed by atoms with Crippen LogP contribution in [0.1, 0.15) is 6.92 Å². The molecule has 0 aromatic carbocycles. The standard InChI is InChI=1S/C15H13ClN6O3/c1-2-18-12(23)8-22-13(24)4-3-11(20-22)15-19-14(21-25-15)9-5-10(16)7-17-6-9/h3-7H,2,8H2,1H3,(H,18,23). The maximum absolute atomic E-state index is 11.8. The normalized spacial score (nSPS) is 10.6. The molecule has 9 nitrogen and oxygen atoms in total. The van der Waals surface area contributed by atoms with Crippen LogP contribution in [0.4, 0.5) is 0 Å². The number of halogens is 1. The van der Waals surface area contributed by atoms with Crippen molar-refractivity contribution < 1.29 is 9.32 Å². The summed E-state index contributed by atoms with van der Waals surface area (Å²) in [6.07, 6.45) is 3.04. The van der Waals surface area contributed by atoms with Gasteiger partial charge in [-0.15, -0.1) is 0 Å².